The van der Waals surface area contributed by atoms with E-state index in [1.807, 2.05) is 20.0 Å². The quantitative estimate of drug-likeness (QED) is 0.624. The molecular weight excluding hydrogens is 230 g/mol. The van der Waals surface area contributed by atoms with Gasteiger partial charge in [0, 0.05) is 25.2 Å². The van der Waals surface area contributed by atoms with Gasteiger partial charge in [0.1, 0.15) is 5.69 Å². The Labute approximate surface area is 108 Å². The molecule has 0 unspecified atom stereocenters. The summed E-state index contributed by atoms with van der Waals surface area (Å²) in [6.07, 6.45) is 0. The van der Waals surface area contributed by atoms with Crippen molar-refractivity contribution in [2.24, 2.45) is 0 Å². The van der Waals surface area contributed by atoms with Gasteiger partial charge in [0.05, 0.1) is 4.92 Å². The predicted octanol–water partition coefficient (Wildman–Crippen LogP) is 2.87. The molecule has 5 heteroatoms. The molecule has 18 heavy (non-hydrogen) atoms. The molecule has 0 fully saturated rings. The van der Waals surface area contributed by atoms with Gasteiger partial charge in [-0.25, -0.2) is 0 Å². The molecule has 100 valence electrons. The lowest BCUT2D eigenvalue weighted by molar-refractivity contribution is -0.384. The summed E-state index contributed by atoms with van der Waals surface area (Å²) < 4.78 is 0. The zero-order chi connectivity index (χ0) is 13.7. The van der Waals surface area contributed by atoms with Crippen molar-refractivity contribution in [1.82, 2.24) is 4.90 Å². The van der Waals surface area contributed by atoms with Crippen molar-refractivity contribution in [3.8, 4) is 0 Å². The second kappa shape index (κ2) is 6.35. The molecule has 0 aromatic heterocycles. The molecule has 1 N–H and O–H groups in total. The molecule has 0 radical (unpaired) electrons. The van der Waals surface area contributed by atoms with Crippen molar-refractivity contribution in [3.05, 3.63) is 33.9 Å². The van der Waals surface area contributed by atoms with E-state index in [9.17, 15) is 10.1 Å². The minimum atomic E-state index is -0.336. The maximum Gasteiger partial charge on any atom is 0.292 e. The number of nitro groups is 1. The number of hydrogen-bond acceptors (Lipinski definition) is 4. The van der Waals surface area contributed by atoms with Gasteiger partial charge in [-0.3, -0.25) is 15.0 Å². The first-order valence-corrected chi connectivity index (χ1v) is 6.17. The van der Waals surface area contributed by atoms with Crippen LogP contribution in [0.1, 0.15) is 26.3 Å². The van der Waals surface area contributed by atoms with E-state index in [2.05, 4.69) is 24.1 Å². The van der Waals surface area contributed by atoms with E-state index in [1.54, 1.807) is 6.07 Å². The smallest absolute Gasteiger partial charge is 0.292 e. The van der Waals surface area contributed by atoms with E-state index in [1.165, 1.54) is 6.07 Å². The van der Waals surface area contributed by atoms with Gasteiger partial charge >= 0.3 is 0 Å². The Balaban J connectivity index is 3.10. The van der Waals surface area contributed by atoms with Gasteiger partial charge in [-0.15, -0.1) is 0 Å². The minimum absolute atomic E-state index is 0.145. The average molecular weight is 251 g/mol. The molecular formula is C13H21N3O2. The van der Waals surface area contributed by atoms with E-state index >= 15 is 0 Å². The maximum atomic E-state index is 11.0. The van der Waals surface area contributed by atoms with Crippen LogP contribution in [0.2, 0.25) is 0 Å². The van der Waals surface area contributed by atoms with Crippen molar-refractivity contribution < 1.29 is 4.92 Å². The van der Waals surface area contributed by atoms with Gasteiger partial charge < -0.3 is 5.32 Å². The second-order valence-electron chi connectivity index (χ2n) is 4.61. The van der Waals surface area contributed by atoms with Crippen LogP contribution in [0, 0.1) is 10.1 Å². The number of anilines is 1. The molecule has 0 bridgehead atoms. The highest BCUT2D eigenvalue weighted by atomic mass is 16.6. The van der Waals surface area contributed by atoms with Crippen molar-refractivity contribution >= 4 is 11.4 Å². The Morgan fingerprint density at radius 1 is 1.44 bits per heavy atom. The fourth-order valence-corrected chi connectivity index (χ4v) is 1.70. The maximum absolute atomic E-state index is 11.0. The lowest BCUT2D eigenvalue weighted by atomic mass is 10.1. The highest BCUT2D eigenvalue weighted by Crippen LogP contribution is 2.29. The van der Waals surface area contributed by atoms with Gasteiger partial charge in [-0.1, -0.05) is 12.1 Å². The van der Waals surface area contributed by atoms with Crippen LogP contribution in [-0.2, 0) is 6.54 Å². The normalized spacial score (nSPS) is 11.0. The highest BCUT2D eigenvalue weighted by Gasteiger charge is 2.18. The SMILES string of the molecule is CCNc1c(CN(C)C(C)C)cccc1[N+](=O)[O-]. The molecule has 0 saturated heterocycles. The molecule has 0 heterocycles. The van der Waals surface area contributed by atoms with Gasteiger partial charge in [-0.2, -0.15) is 0 Å². The first-order chi connectivity index (χ1) is 8.47. The Kier molecular flexibility index (Phi) is 5.09. The largest absolute Gasteiger partial charge is 0.380 e. The summed E-state index contributed by atoms with van der Waals surface area (Å²) in [6, 6.07) is 5.61. The van der Waals surface area contributed by atoms with E-state index in [0.29, 0.717) is 24.8 Å². The summed E-state index contributed by atoms with van der Waals surface area (Å²) in [5, 5.41) is 14.1. The van der Waals surface area contributed by atoms with Gasteiger partial charge in [0.2, 0.25) is 0 Å². The second-order valence-corrected chi connectivity index (χ2v) is 4.61. The third-order valence-corrected chi connectivity index (χ3v) is 2.98. The molecule has 0 atom stereocenters. The molecule has 5 nitrogen and oxygen atoms in total. The van der Waals surface area contributed by atoms with Crippen molar-refractivity contribution in [2.75, 3.05) is 18.9 Å². The van der Waals surface area contributed by atoms with Crippen LogP contribution in [0.25, 0.3) is 0 Å². The Morgan fingerprint density at radius 3 is 2.61 bits per heavy atom. The number of benzene rings is 1. The van der Waals surface area contributed by atoms with Crippen molar-refractivity contribution in [3.63, 3.8) is 0 Å². The number of hydrogen-bond donors (Lipinski definition) is 1. The number of rotatable bonds is 6. The van der Waals surface area contributed by atoms with Crippen LogP contribution in [-0.4, -0.2) is 29.5 Å². The summed E-state index contributed by atoms with van der Waals surface area (Å²) >= 11 is 0. The number of nitro benzene ring substituents is 1. The van der Waals surface area contributed by atoms with Crippen LogP contribution in [0.5, 0.6) is 0 Å². The molecule has 1 aromatic rings. The molecule has 0 amide bonds. The van der Waals surface area contributed by atoms with Gasteiger partial charge in [-0.05, 0) is 33.4 Å². The highest BCUT2D eigenvalue weighted by molar-refractivity contribution is 5.66. The molecule has 0 aliphatic heterocycles. The van der Waals surface area contributed by atoms with E-state index in [0.717, 1.165) is 5.56 Å². The topological polar surface area (TPSA) is 58.4 Å². The van der Waals surface area contributed by atoms with E-state index < -0.39 is 0 Å². The third kappa shape index (κ3) is 3.43. The number of para-hydroxylation sites is 1. The summed E-state index contributed by atoms with van der Waals surface area (Å²) in [5.74, 6) is 0. The van der Waals surface area contributed by atoms with E-state index in [4.69, 9.17) is 0 Å². The average Bonchev–Trinajstić information content (AvgIpc) is 2.30. The lowest BCUT2D eigenvalue weighted by Crippen LogP contribution is -2.26. The van der Waals surface area contributed by atoms with Gasteiger partial charge in [0.15, 0.2) is 0 Å². The molecule has 0 saturated carbocycles. The zero-order valence-electron chi connectivity index (χ0n) is 11.4. The van der Waals surface area contributed by atoms with Crippen molar-refractivity contribution in [1.29, 1.82) is 0 Å². The Morgan fingerprint density at radius 2 is 2.11 bits per heavy atom. The standard InChI is InChI=1S/C13H21N3O2/c1-5-14-13-11(9-15(4)10(2)3)7-6-8-12(13)16(17)18/h6-8,10,14H,5,9H2,1-4H3. The Bertz CT molecular complexity index is 419. The van der Waals surface area contributed by atoms with Crippen LogP contribution in [0.4, 0.5) is 11.4 Å². The fraction of sp³-hybridized carbons (Fsp3) is 0.538. The summed E-state index contributed by atoms with van der Waals surface area (Å²) in [6.45, 7) is 7.51. The van der Waals surface area contributed by atoms with Crippen LogP contribution < -0.4 is 5.32 Å². The summed E-state index contributed by atoms with van der Waals surface area (Å²) in [5.41, 5.74) is 1.74. The van der Waals surface area contributed by atoms with Crippen LogP contribution in [0.15, 0.2) is 18.2 Å². The number of nitrogens with zero attached hydrogens (tertiary/aromatic N) is 2. The molecule has 1 aromatic carbocycles. The number of nitrogens with one attached hydrogen (secondary N) is 1. The summed E-state index contributed by atoms with van der Waals surface area (Å²) in [4.78, 5) is 12.8. The van der Waals surface area contributed by atoms with Crippen LogP contribution in [0.3, 0.4) is 0 Å². The molecule has 1 rings (SSSR count). The first kappa shape index (κ1) is 14.4. The van der Waals surface area contributed by atoms with E-state index in [-0.39, 0.29) is 10.6 Å². The third-order valence-electron chi connectivity index (χ3n) is 2.98. The monoisotopic (exact) mass is 251 g/mol. The van der Waals surface area contributed by atoms with Gasteiger partial charge in [0.25, 0.3) is 5.69 Å². The Hall–Kier alpha value is -1.62. The molecule has 0 aliphatic rings. The van der Waals surface area contributed by atoms with Crippen LogP contribution >= 0.6 is 0 Å². The fourth-order valence-electron chi connectivity index (χ4n) is 1.70. The first-order valence-electron chi connectivity index (χ1n) is 6.17. The molecule has 0 aliphatic carbocycles. The zero-order valence-corrected chi connectivity index (χ0v) is 11.4. The molecule has 0 spiro atoms. The van der Waals surface area contributed by atoms with Crippen molar-refractivity contribution in [2.45, 2.75) is 33.4 Å². The minimum Gasteiger partial charge on any atom is -0.380 e. The predicted molar refractivity (Wildman–Crippen MR) is 73.9 cm³/mol. The lowest BCUT2D eigenvalue weighted by Gasteiger charge is -2.22. The summed E-state index contributed by atoms with van der Waals surface area (Å²) in [7, 11) is 2.01.